The Bertz CT molecular complexity index is 602. The van der Waals surface area contributed by atoms with Crippen LogP contribution in [0.25, 0.3) is 0 Å². The number of halogens is 2. The van der Waals surface area contributed by atoms with Crippen LogP contribution in [-0.2, 0) is 0 Å². The number of hydrogen-bond donors (Lipinski definition) is 1. The van der Waals surface area contributed by atoms with Gasteiger partial charge in [-0.2, -0.15) is 0 Å². The topological polar surface area (TPSA) is 54.9 Å². The zero-order chi connectivity index (χ0) is 13.1. The van der Waals surface area contributed by atoms with Crippen LogP contribution in [0.5, 0.6) is 0 Å². The molecule has 2 aromatic rings. The monoisotopic (exact) mass is 281 g/mol. The summed E-state index contributed by atoms with van der Waals surface area (Å²) in [6.07, 6.45) is 1.34. The molecule has 1 heterocycles. The van der Waals surface area contributed by atoms with E-state index in [2.05, 4.69) is 15.3 Å². The Morgan fingerprint density at radius 3 is 2.67 bits per heavy atom. The summed E-state index contributed by atoms with van der Waals surface area (Å²) in [6.45, 7) is 1.79. The zero-order valence-corrected chi connectivity index (χ0v) is 11.0. The first-order valence-corrected chi connectivity index (χ1v) is 5.87. The number of aromatic nitrogens is 2. The molecule has 1 aromatic carbocycles. The second-order valence-corrected chi connectivity index (χ2v) is 4.47. The lowest BCUT2D eigenvalue weighted by Gasteiger charge is -2.07. The second kappa shape index (κ2) is 5.33. The Balaban J connectivity index is 2.21. The van der Waals surface area contributed by atoms with Crippen LogP contribution < -0.4 is 5.32 Å². The molecular weight excluding hydrogens is 273 g/mol. The van der Waals surface area contributed by atoms with Crippen molar-refractivity contribution >= 4 is 34.8 Å². The van der Waals surface area contributed by atoms with Gasteiger partial charge in [-0.15, -0.1) is 0 Å². The van der Waals surface area contributed by atoms with Gasteiger partial charge in [-0.25, -0.2) is 9.97 Å². The average molecular weight is 282 g/mol. The molecule has 0 aliphatic rings. The quantitative estimate of drug-likeness (QED) is 0.919. The van der Waals surface area contributed by atoms with Crippen LogP contribution in [0.3, 0.4) is 0 Å². The number of benzene rings is 1. The fraction of sp³-hybridized carbons (Fsp3) is 0.0833. The molecular formula is C12H9Cl2N3O. The number of nitrogens with one attached hydrogen (secondary N) is 1. The summed E-state index contributed by atoms with van der Waals surface area (Å²) in [7, 11) is 0. The van der Waals surface area contributed by atoms with Crippen molar-refractivity contribution in [2.24, 2.45) is 0 Å². The van der Waals surface area contributed by atoms with Gasteiger partial charge in [-0.05, 0) is 31.2 Å². The molecule has 0 bridgehead atoms. The van der Waals surface area contributed by atoms with Crippen molar-refractivity contribution in [2.75, 3.05) is 5.32 Å². The first-order chi connectivity index (χ1) is 8.56. The number of carbonyl (C=O) groups is 1. The fourth-order valence-corrected chi connectivity index (χ4v) is 1.81. The molecule has 0 aliphatic heterocycles. The van der Waals surface area contributed by atoms with Gasteiger partial charge in [0.15, 0.2) is 0 Å². The summed E-state index contributed by atoms with van der Waals surface area (Å²) in [5.74, 6) is -0.343. The molecule has 92 valence electrons. The molecule has 4 nitrogen and oxygen atoms in total. The van der Waals surface area contributed by atoms with E-state index in [9.17, 15) is 4.79 Å². The third kappa shape index (κ3) is 2.97. The smallest absolute Gasteiger partial charge is 0.274 e. The lowest BCUT2D eigenvalue weighted by Crippen LogP contribution is -2.14. The lowest BCUT2D eigenvalue weighted by atomic mass is 10.3. The Labute approximate surface area is 114 Å². The van der Waals surface area contributed by atoms with Gasteiger partial charge < -0.3 is 5.32 Å². The maximum atomic E-state index is 11.9. The van der Waals surface area contributed by atoms with Crippen LogP contribution in [0.2, 0.25) is 10.0 Å². The second-order valence-electron chi connectivity index (χ2n) is 3.62. The maximum absolute atomic E-state index is 11.9. The van der Waals surface area contributed by atoms with E-state index in [0.29, 0.717) is 15.7 Å². The van der Waals surface area contributed by atoms with Gasteiger partial charge in [0.2, 0.25) is 0 Å². The number of anilines is 1. The van der Waals surface area contributed by atoms with Crippen molar-refractivity contribution < 1.29 is 4.79 Å². The molecule has 0 aliphatic carbocycles. The third-order valence-corrected chi connectivity index (χ3v) is 2.76. The fourth-order valence-electron chi connectivity index (χ4n) is 1.36. The predicted octanol–water partition coefficient (Wildman–Crippen LogP) is 3.34. The van der Waals surface area contributed by atoms with Crippen LogP contribution in [0.15, 0.2) is 30.6 Å². The van der Waals surface area contributed by atoms with Gasteiger partial charge in [0.25, 0.3) is 5.91 Å². The number of hydrogen-bond acceptors (Lipinski definition) is 3. The third-order valence-electron chi connectivity index (χ3n) is 2.22. The lowest BCUT2D eigenvalue weighted by molar-refractivity contribution is 0.102. The summed E-state index contributed by atoms with van der Waals surface area (Å²) < 4.78 is 0. The molecule has 0 fully saturated rings. The van der Waals surface area contributed by atoms with Crippen LogP contribution >= 0.6 is 23.2 Å². The number of rotatable bonds is 2. The van der Waals surface area contributed by atoms with Crippen LogP contribution in [0.4, 0.5) is 5.69 Å². The minimum Gasteiger partial charge on any atom is -0.319 e. The molecule has 0 atom stereocenters. The molecule has 2 rings (SSSR count). The normalized spacial score (nSPS) is 10.2. The average Bonchev–Trinajstić information content (AvgIpc) is 2.32. The van der Waals surface area contributed by atoms with E-state index in [1.165, 1.54) is 6.33 Å². The minimum atomic E-state index is -0.343. The highest BCUT2D eigenvalue weighted by atomic mass is 35.5. The van der Waals surface area contributed by atoms with Crippen molar-refractivity contribution in [3.05, 3.63) is 52.0 Å². The molecule has 0 spiro atoms. The molecule has 6 heteroatoms. The van der Waals surface area contributed by atoms with Crippen molar-refractivity contribution in [2.45, 2.75) is 6.92 Å². The van der Waals surface area contributed by atoms with Crippen LogP contribution in [0, 0.1) is 6.92 Å². The molecule has 1 aromatic heterocycles. The Morgan fingerprint density at radius 2 is 2.00 bits per heavy atom. The zero-order valence-electron chi connectivity index (χ0n) is 9.45. The predicted molar refractivity (Wildman–Crippen MR) is 71.2 cm³/mol. The first kappa shape index (κ1) is 12.8. The van der Waals surface area contributed by atoms with E-state index < -0.39 is 0 Å². The summed E-state index contributed by atoms with van der Waals surface area (Å²) in [5.41, 5.74) is 1.49. The molecule has 0 saturated carbocycles. The number of carbonyl (C=O) groups excluding carboxylic acids is 1. The van der Waals surface area contributed by atoms with E-state index in [1.807, 2.05) is 0 Å². The van der Waals surface area contributed by atoms with Gasteiger partial charge >= 0.3 is 0 Å². The van der Waals surface area contributed by atoms with Gasteiger partial charge in [-0.3, -0.25) is 4.79 Å². The van der Waals surface area contributed by atoms with E-state index in [0.717, 1.165) is 5.69 Å². The van der Waals surface area contributed by atoms with E-state index in [1.54, 1.807) is 31.2 Å². The van der Waals surface area contributed by atoms with Gasteiger partial charge in [-0.1, -0.05) is 23.2 Å². The van der Waals surface area contributed by atoms with Gasteiger partial charge in [0.05, 0.1) is 10.7 Å². The van der Waals surface area contributed by atoms with Crippen molar-refractivity contribution in [3.63, 3.8) is 0 Å². The Kier molecular flexibility index (Phi) is 3.79. The summed E-state index contributed by atoms with van der Waals surface area (Å²) in [5, 5.41) is 3.55. The van der Waals surface area contributed by atoms with Gasteiger partial charge in [0, 0.05) is 10.7 Å². The van der Waals surface area contributed by atoms with Crippen LogP contribution in [-0.4, -0.2) is 15.9 Å². The highest BCUT2D eigenvalue weighted by Gasteiger charge is 2.10. The SMILES string of the molecule is Cc1cc(C(=O)Nc2ccc(Cl)cc2Cl)ncn1. The van der Waals surface area contributed by atoms with Crippen molar-refractivity contribution in [1.82, 2.24) is 9.97 Å². The Hall–Kier alpha value is -1.65. The largest absolute Gasteiger partial charge is 0.319 e. The van der Waals surface area contributed by atoms with E-state index >= 15 is 0 Å². The standard InChI is InChI=1S/C12H9Cl2N3O/c1-7-4-11(16-6-15-7)12(18)17-10-3-2-8(13)5-9(10)14/h2-6H,1H3,(H,17,18). The molecule has 18 heavy (non-hydrogen) atoms. The first-order valence-electron chi connectivity index (χ1n) is 5.11. The molecule has 0 saturated heterocycles. The van der Waals surface area contributed by atoms with Crippen molar-refractivity contribution in [1.29, 1.82) is 0 Å². The number of aryl methyl sites for hydroxylation is 1. The highest BCUT2D eigenvalue weighted by Crippen LogP contribution is 2.25. The molecule has 1 N–H and O–H groups in total. The summed E-state index contributed by atoms with van der Waals surface area (Å²) in [6, 6.07) is 6.44. The minimum absolute atomic E-state index is 0.286. The van der Waals surface area contributed by atoms with Gasteiger partial charge in [0.1, 0.15) is 12.0 Å². The molecule has 0 unspecified atom stereocenters. The highest BCUT2D eigenvalue weighted by molar-refractivity contribution is 6.36. The Morgan fingerprint density at radius 1 is 1.22 bits per heavy atom. The van der Waals surface area contributed by atoms with Crippen LogP contribution in [0.1, 0.15) is 16.2 Å². The number of amides is 1. The molecule has 0 radical (unpaired) electrons. The number of nitrogens with zero attached hydrogens (tertiary/aromatic N) is 2. The summed E-state index contributed by atoms with van der Waals surface area (Å²) in [4.78, 5) is 19.7. The van der Waals surface area contributed by atoms with Crippen molar-refractivity contribution in [3.8, 4) is 0 Å². The van der Waals surface area contributed by atoms with E-state index in [-0.39, 0.29) is 11.6 Å². The van der Waals surface area contributed by atoms with E-state index in [4.69, 9.17) is 23.2 Å². The summed E-state index contributed by atoms with van der Waals surface area (Å²) >= 11 is 11.7. The maximum Gasteiger partial charge on any atom is 0.274 e. The molecule has 1 amide bonds.